The Morgan fingerprint density at radius 1 is 1.21 bits per heavy atom. The van der Waals surface area contributed by atoms with Crippen LogP contribution in [0.4, 0.5) is 4.79 Å². The van der Waals surface area contributed by atoms with Crippen molar-refractivity contribution in [1.29, 1.82) is 0 Å². The summed E-state index contributed by atoms with van der Waals surface area (Å²) in [5, 5.41) is 7.83. The number of nitrogens with one attached hydrogen (secondary N) is 2. The molecule has 0 radical (unpaired) electrons. The zero-order chi connectivity index (χ0) is 17.1. The number of ether oxygens (including phenoxy) is 1. The lowest BCUT2D eigenvalue weighted by Gasteiger charge is -2.12. The molecule has 5 heteroatoms. The molecule has 0 heterocycles. The van der Waals surface area contributed by atoms with Gasteiger partial charge in [-0.05, 0) is 66.8 Å². The van der Waals surface area contributed by atoms with E-state index >= 15 is 0 Å². The number of hydrogen-bond donors (Lipinski definition) is 2. The molecule has 0 saturated heterocycles. The van der Waals surface area contributed by atoms with Gasteiger partial charge in [0.1, 0.15) is 5.75 Å². The number of amides is 2. The number of rotatable bonds is 6. The second kappa shape index (κ2) is 6.91. The predicted molar refractivity (Wildman–Crippen MR) is 93.8 cm³/mol. The highest BCUT2D eigenvalue weighted by atomic mass is 16.5. The second-order valence-corrected chi connectivity index (χ2v) is 6.20. The van der Waals surface area contributed by atoms with Crippen molar-refractivity contribution in [3.8, 4) is 5.75 Å². The number of Topliss-reactive ketones (excluding diaryl/α,β-unsaturated/α-hetero) is 1. The van der Waals surface area contributed by atoms with Gasteiger partial charge in [-0.3, -0.25) is 4.79 Å². The Balaban J connectivity index is 1.80. The summed E-state index contributed by atoms with van der Waals surface area (Å²) in [5.74, 6) is 0.812. The molecule has 0 spiro atoms. The number of fused-ring (bicyclic) bond motifs is 1. The number of hydrogen-bond acceptors (Lipinski definition) is 3. The van der Waals surface area contributed by atoms with Gasteiger partial charge in [-0.25, -0.2) is 4.79 Å². The smallest absolute Gasteiger partial charge is 0.315 e. The molecule has 2 aromatic rings. The van der Waals surface area contributed by atoms with E-state index in [1.807, 2.05) is 30.3 Å². The molecule has 1 fully saturated rings. The van der Waals surface area contributed by atoms with Crippen LogP contribution in [0.25, 0.3) is 10.8 Å². The first kappa shape index (κ1) is 16.3. The van der Waals surface area contributed by atoms with Crippen molar-refractivity contribution in [2.75, 3.05) is 13.7 Å². The van der Waals surface area contributed by atoms with Crippen molar-refractivity contribution in [3.63, 3.8) is 0 Å². The normalized spacial score (nSPS) is 13.6. The van der Waals surface area contributed by atoms with Crippen molar-refractivity contribution < 1.29 is 14.3 Å². The Morgan fingerprint density at radius 2 is 2.00 bits per heavy atom. The van der Waals surface area contributed by atoms with Crippen LogP contribution in [0.5, 0.6) is 5.75 Å². The number of urea groups is 1. The van der Waals surface area contributed by atoms with Crippen LogP contribution in [0.2, 0.25) is 0 Å². The van der Waals surface area contributed by atoms with E-state index in [9.17, 15) is 9.59 Å². The minimum absolute atomic E-state index is 0.0356. The Bertz CT molecular complexity index is 782. The van der Waals surface area contributed by atoms with Crippen LogP contribution in [0.1, 0.15) is 35.7 Å². The number of methoxy groups -OCH3 is 1. The summed E-state index contributed by atoms with van der Waals surface area (Å²) in [4.78, 5) is 23.5. The maximum atomic E-state index is 11.8. The van der Waals surface area contributed by atoms with Crippen LogP contribution in [0, 0.1) is 0 Å². The third-order valence-electron chi connectivity index (χ3n) is 4.25. The van der Waals surface area contributed by atoms with E-state index in [0.29, 0.717) is 24.6 Å². The van der Waals surface area contributed by atoms with Crippen molar-refractivity contribution >= 4 is 22.6 Å². The lowest BCUT2D eigenvalue weighted by atomic mass is 9.97. The number of benzene rings is 2. The number of ketones is 1. The van der Waals surface area contributed by atoms with Crippen LogP contribution in [0.15, 0.2) is 30.3 Å². The second-order valence-electron chi connectivity index (χ2n) is 6.20. The topological polar surface area (TPSA) is 67.4 Å². The molecular weight excluding hydrogens is 304 g/mol. The van der Waals surface area contributed by atoms with Gasteiger partial charge in [0.05, 0.1) is 7.11 Å². The van der Waals surface area contributed by atoms with Crippen LogP contribution in [-0.2, 0) is 6.42 Å². The molecule has 0 bridgehead atoms. The lowest BCUT2D eigenvalue weighted by Crippen LogP contribution is -2.37. The standard InChI is InChI=1S/C19H22N2O3/c1-12(22)15-9-13-3-6-17(24-2)11-18(13)14(10-15)7-8-20-19(23)21-16-4-5-16/h3,6,9-11,16H,4-5,7-8H2,1-2H3,(H2,20,21,23). The van der Waals surface area contributed by atoms with E-state index < -0.39 is 0 Å². The summed E-state index contributed by atoms with van der Waals surface area (Å²) in [5.41, 5.74) is 1.72. The molecule has 24 heavy (non-hydrogen) atoms. The molecule has 5 nitrogen and oxygen atoms in total. The minimum Gasteiger partial charge on any atom is -0.497 e. The quantitative estimate of drug-likeness (QED) is 0.802. The van der Waals surface area contributed by atoms with E-state index in [4.69, 9.17) is 4.74 Å². The minimum atomic E-state index is -0.123. The fraction of sp³-hybridized carbons (Fsp3) is 0.368. The van der Waals surface area contributed by atoms with Crippen LogP contribution < -0.4 is 15.4 Å². The molecular formula is C19H22N2O3. The van der Waals surface area contributed by atoms with E-state index in [1.54, 1.807) is 14.0 Å². The Kier molecular flexibility index (Phi) is 4.69. The molecule has 1 saturated carbocycles. The van der Waals surface area contributed by atoms with E-state index in [-0.39, 0.29) is 11.8 Å². The van der Waals surface area contributed by atoms with Crippen LogP contribution >= 0.6 is 0 Å². The fourth-order valence-corrected chi connectivity index (χ4v) is 2.73. The van der Waals surface area contributed by atoms with E-state index in [0.717, 1.165) is 34.9 Å². The highest BCUT2D eigenvalue weighted by molar-refractivity contribution is 6.00. The molecule has 0 atom stereocenters. The highest BCUT2D eigenvalue weighted by Gasteiger charge is 2.22. The van der Waals surface area contributed by atoms with Gasteiger partial charge in [0.15, 0.2) is 5.78 Å². The van der Waals surface area contributed by atoms with Crippen LogP contribution in [-0.4, -0.2) is 31.5 Å². The molecule has 3 rings (SSSR count). The van der Waals surface area contributed by atoms with Gasteiger partial charge in [-0.1, -0.05) is 6.07 Å². The van der Waals surface area contributed by atoms with Gasteiger partial charge >= 0.3 is 6.03 Å². The van der Waals surface area contributed by atoms with Gasteiger partial charge in [0.2, 0.25) is 0 Å². The Hall–Kier alpha value is -2.56. The summed E-state index contributed by atoms with van der Waals surface area (Å²) < 4.78 is 5.30. The third kappa shape index (κ3) is 3.85. The van der Waals surface area contributed by atoms with Crippen molar-refractivity contribution in [3.05, 3.63) is 41.5 Å². The largest absolute Gasteiger partial charge is 0.497 e. The molecule has 1 aliphatic rings. The highest BCUT2D eigenvalue weighted by Crippen LogP contribution is 2.26. The molecule has 0 unspecified atom stereocenters. The molecule has 2 N–H and O–H groups in total. The Labute approximate surface area is 141 Å². The molecule has 0 aromatic heterocycles. The molecule has 126 valence electrons. The third-order valence-corrected chi connectivity index (χ3v) is 4.25. The predicted octanol–water partition coefficient (Wildman–Crippen LogP) is 3.06. The average molecular weight is 326 g/mol. The molecule has 2 amide bonds. The van der Waals surface area contributed by atoms with Gasteiger partial charge in [-0.15, -0.1) is 0 Å². The van der Waals surface area contributed by atoms with Gasteiger partial charge < -0.3 is 15.4 Å². The molecule has 1 aliphatic carbocycles. The van der Waals surface area contributed by atoms with E-state index in [2.05, 4.69) is 10.6 Å². The summed E-state index contributed by atoms with van der Waals surface area (Å²) >= 11 is 0. The van der Waals surface area contributed by atoms with Crippen molar-refractivity contribution in [2.45, 2.75) is 32.2 Å². The number of carbonyl (C=O) groups excluding carboxylic acids is 2. The molecule has 0 aliphatic heterocycles. The SMILES string of the molecule is COc1ccc2cc(C(C)=O)cc(CCNC(=O)NC3CC3)c2c1. The fourth-order valence-electron chi connectivity index (χ4n) is 2.73. The first-order valence-electron chi connectivity index (χ1n) is 8.23. The van der Waals surface area contributed by atoms with Gasteiger partial charge in [-0.2, -0.15) is 0 Å². The Morgan fingerprint density at radius 3 is 2.67 bits per heavy atom. The van der Waals surface area contributed by atoms with Gasteiger partial charge in [0, 0.05) is 18.2 Å². The average Bonchev–Trinajstić information content (AvgIpc) is 3.37. The number of carbonyl (C=O) groups is 2. The zero-order valence-electron chi connectivity index (χ0n) is 14.0. The molecule has 2 aromatic carbocycles. The maximum absolute atomic E-state index is 11.8. The zero-order valence-corrected chi connectivity index (χ0v) is 14.0. The summed E-state index contributed by atoms with van der Waals surface area (Å²) in [6, 6.07) is 9.84. The first-order chi connectivity index (χ1) is 11.6. The summed E-state index contributed by atoms with van der Waals surface area (Å²) in [6.45, 7) is 2.09. The monoisotopic (exact) mass is 326 g/mol. The summed E-state index contributed by atoms with van der Waals surface area (Å²) in [6.07, 6.45) is 2.79. The van der Waals surface area contributed by atoms with Crippen LogP contribution in [0.3, 0.4) is 0 Å². The van der Waals surface area contributed by atoms with Gasteiger partial charge in [0.25, 0.3) is 0 Å². The van der Waals surface area contributed by atoms with E-state index in [1.165, 1.54) is 0 Å². The first-order valence-corrected chi connectivity index (χ1v) is 8.23. The lowest BCUT2D eigenvalue weighted by molar-refractivity contribution is 0.101. The summed E-state index contributed by atoms with van der Waals surface area (Å²) in [7, 11) is 1.63. The maximum Gasteiger partial charge on any atom is 0.315 e. The van der Waals surface area contributed by atoms with Crippen molar-refractivity contribution in [1.82, 2.24) is 10.6 Å². The van der Waals surface area contributed by atoms with Crippen molar-refractivity contribution in [2.24, 2.45) is 0 Å².